The number of nitrogens with zero attached hydrogens (tertiary/aromatic N) is 4. The molecule has 2 heterocycles. The summed E-state index contributed by atoms with van der Waals surface area (Å²) < 4.78 is 11.6. The second kappa shape index (κ2) is 12.3. The molecule has 2 aliphatic heterocycles. The molecule has 1 N–H and O–H groups in total. The molecule has 0 atom stereocenters. The molecule has 8 nitrogen and oxygen atoms in total. The lowest BCUT2D eigenvalue weighted by Crippen LogP contribution is -2.50. The van der Waals surface area contributed by atoms with E-state index in [0.717, 1.165) is 38.2 Å². The van der Waals surface area contributed by atoms with Crippen LogP contribution < -0.4 is 19.7 Å². The van der Waals surface area contributed by atoms with Gasteiger partial charge in [0.1, 0.15) is 6.61 Å². The summed E-state index contributed by atoms with van der Waals surface area (Å²) in [6.45, 7) is 13.1. The largest absolute Gasteiger partial charge is 0.493 e. The van der Waals surface area contributed by atoms with Gasteiger partial charge in [-0.2, -0.15) is 0 Å². The Balaban J connectivity index is 1.32. The number of urea groups is 1. The molecule has 1 saturated heterocycles. The molecule has 2 amide bonds. The van der Waals surface area contributed by atoms with Crippen LogP contribution >= 0.6 is 0 Å². The maximum atomic E-state index is 13.0. The third-order valence-electron chi connectivity index (χ3n) is 7.12. The van der Waals surface area contributed by atoms with Gasteiger partial charge in [-0.25, -0.2) is 4.79 Å². The van der Waals surface area contributed by atoms with Crippen LogP contribution in [-0.2, 0) is 6.42 Å². The van der Waals surface area contributed by atoms with Crippen LogP contribution in [0.3, 0.4) is 0 Å². The first-order valence-electron chi connectivity index (χ1n) is 13.4. The Morgan fingerprint density at radius 3 is 2.49 bits per heavy atom. The summed E-state index contributed by atoms with van der Waals surface area (Å²) in [7, 11) is 1.63. The molecule has 4 rings (SSSR count). The van der Waals surface area contributed by atoms with E-state index < -0.39 is 0 Å². The standard InChI is InChI=1S/C29H41N5O3/c1-21(2)34(22(3)4)17-18-37-28-20-24(8-11-27(28)36-5)31-29(35)33-15-13-32(14-16-33)25-9-10-26-23(19-25)7-6-12-30-26/h8-12,19-22H,6-7,13-18H2,1-5H3,(H,31,35). The predicted molar refractivity (Wildman–Crippen MR) is 151 cm³/mol. The number of nitrogens with one attached hydrogen (secondary N) is 1. The highest BCUT2D eigenvalue weighted by atomic mass is 16.5. The quantitative estimate of drug-likeness (QED) is 0.506. The molecule has 2 aromatic carbocycles. The van der Waals surface area contributed by atoms with Crippen molar-refractivity contribution in [2.24, 2.45) is 4.99 Å². The number of aliphatic imine (C=N–C) groups is 1. The Labute approximate surface area is 221 Å². The summed E-state index contributed by atoms with van der Waals surface area (Å²) in [4.78, 5) is 24.1. The number of hydrogen-bond acceptors (Lipinski definition) is 6. The molecule has 1 fully saturated rings. The number of benzene rings is 2. The van der Waals surface area contributed by atoms with Gasteiger partial charge in [-0.1, -0.05) is 0 Å². The van der Waals surface area contributed by atoms with Crippen molar-refractivity contribution in [3.8, 4) is 11.5 Å². The van der Waals surface area contributed by atoms with Gasteiger partial charge in [0.2, 0.25) is 0 Å². The lowest BCUT2D eigenvalue weighted by Gasteiger charge is -2.36. The number of aryl methyl sites for hydroxylation is 1. The Hall–Kier alpha value is -3.26. The molecule has 2 aliphatic rings. The molecular weight excluding hydrogens is 466 g/mol. The van der Waals surface area contributed by atoms with Gasteiger partial charge in [0.05, 0.1) is 12.8 Å². The normalized spacial score (nSPS) is 15.4. The first-order valence-corrected chi connectivity index (χ1v) is 13.4. The Morgan fingerprint density at radius 1 is 1.03 bits per heavy atom. The smallest absolute Gasteiger partial charge is 0.321 e. The van der Waals surface area contributed by atoms with E-state index >= 15 is 0 Å². The van der Waals surface area contributed by atoms with E-state index in [1.165, 1.54) is 11.3 Å². The highest BCUT2D eigenvalue weighted by Gasteiger charge is 2.22. The summed E-state index contributed by atoms with van der Waals surface area (Å²) in [5.74, 6) is 1.29. The number of anilines is 2. The van der Waals surface area contributed by atoms with E-state index in [2.05, 4.69) is 66.0 Å². The van der Waals surface area contributed by atoms with Crippen molar-refractivity contribution in [1.82, 2.24) is 9.80 Å². The fraction of sp³-hybridized carbons (Fsp3) is 0.517. The monoisotopic (exact) mass is 507 g/mol. The molecule has 0 saturated carbocycles. The first kappa shape index (κ1) is 26.8. The molecule has 8 heteroatoms. The van der Waals surface area contributed by atoms with E-state index in [1.807, 2.05) is 29.3 Å². The fourth-order valence-electron chi connectivity index (χ4n) is 5.09. The zero-order chi connectivity index (χ0) is 26.4. The zero-order valence-corrected chi connectivity index (χ0v) is 22.9. The maximum Gasteiger partial charge on any atom is 0.321 e. The number of piperazine rings is 1. The van der Waals surface area contributed by atoms with E-state index in [0.29, 0.717) is 49.0 Å². The highest BCUT2D eigenvalue weighted by Crippen LogP contribution is 2.31. The van der Waals surface area contributed by atoms with Gasteiger partial charge >= 0.3 is 6.03 Å². The minimum atomic E-state index is -0.0960. The minimum Gasteiger partial charge on any atom is -0.493 e. The van der Waals surface area contributed by atoms with Gasteiger partial charge < -0.3 is 24.6 Å². The molecule has 2 aromatic rings. The van der Waals surface area contributed by atoms with Gasteiger partial charge in [-0.3, -0.25) is 9.89 Å². The lowest BCUT2D eigenvalue weighted by atomic mass is 10.0. The van der Waals surface area contributed by atoms with Crippen LogP contribution in [0.25, 0.3) is 0 Å². The van der Waals surface area contributed by atoms with Crippen molar-refractivity contribution < 1.29 is 14.3 Å². The molecule has 0 aliphatic carbocycles. The summed E-state index contributed by atoms with van der Waals surface area (Å²) in [6.07, 6.45) is 4.03. The minimum absolute atomic E-state index is 0.0960. The van der Waals surface area contributed by atoms with Crippen LogP contribution in [0.1, 0.15) is 39.7 Å². The number of rotatable bonds is 9. The van der Waals surface area contributed by atoms with Crippen LogP contribution in [0.5, 0.6) is 11.5 Å². The third kappa shape index (κ3) is 6.74. The molecule has 37 heavy (non-hydrogen) atoms. The Bertz CT molecular complexity index is 1080. The zero-order valence-electron chi connectivity index (χ0n) is 22.9. The molecule has 0 aromatic heterocycles. The van der Waals surface area contributed by atoms with Gasteiger partial charge in [-0.05, 0) is 76.4 Å². The maximum absolute atomic E-state index is 13.0. The summed E-state index contributed by atoms with van der Waals surface area (Å²) >= 11 is 0. The fourth-order valence-corrected chi connectivity index (χ4v) is 5.09. The van der Waals surface area contributed by atoms with E-state index in [4.69, 9.17) is 9.47 Å². The molecular formula is C29H41N5O3. The molecule has 0 spiro atoms. The van der Waals surface area contributed by atoms with Gasteiger partial charge in [0.25, 0.3) is 0 Å². The molecule has 0 bridgehead atoms. The molecule has 200 valence electrons. The molecule has 0 unspecified atom stereocenters. The van der Waals surface area contributed by atoms with Crippen molar-refractivity contribution in [3.63, 3.8) is 0 Å². The first-order chi connectivity index (χ1) is 17.9. The Morgan fingerprint density at radius 2 is 1.78 bits per heavy atom. The average Bonchev–Trinajstić information content (AvgIpc) is 2.90. The van der Waals surface area contributed by atoms with E-state index in [9.17, 15) is 4.79 Å². The van der Waals surface area contributed by atoms with Crippen molar-refractivity contribution in [2.45, 2.75) is 52.6 Å². The number of carbonyl (C=O) groups excluding carboxylic acids is 1. The van der Waals surface area contributed by atoms with Crippen molar-refractivity contribution in [1.29, 1.82) is 0 Å². The van der Waals surface area contributed by atoms with Crippen molar-refractivity contribution in [3.05, 3.63) is 42.0 Å². The summed E-state index contributed by atoms with van der Waals surface area (Å²) in [6, 6.07) is 12.8. The molecule has 0 radical (unpaired) electrons. The van der Waals surface area contributed by atoms with Crippen LogP contribution in [0.15, 0.2) is 41.4 Å². The average molecular weight is 508 g/mol. The van der Waals surface area contributed by atoms with Crippen molar-refractivity contribution in [2.75, 3.05) is 56.7 Å². The summed E-state index contributed by atoms with van der Waals surface area (Å²) in [5.41, 5.74) is 4.29. The van der Waals surface area contributed by atoms with E-state index in [1.54, 1.807) is 7.11 Å². The second-order valence-electron chi connectivity index (χ2n) is 10.2. The predicted octanol–water partition coefficient (Wildman–Crippen LogP) is 5.20. The van der Waals surface area contributed by atoms with Crippen LogP contribution in [0.2, 0.25) is 0 Å². The SMILES string of the molecule is COc1ccc(NC(=O)N2CCN(c3ccc4c(c3)CCC=N4)CC2)cc1OCCN(C(C)C)C(C)C. The van der Waals surface area contributed by atoms with Gasteiger partial charge in [-0.15, -0.1) is 0 Å². The lowest BCUT2D eigenvalue weighted by molar-refractivity contribution is 0.140. The second-order valence-corrected chi connectivity index (χ2v) is 10.2. The number of methoxy groups -OCH3 is 1. The van der Waals surface area contributed by atoms with Crippen LogP contribution in [-0.4, -0.2) is 80.6 Å². The van der Waals surface area contributed by atoms with Gasteiger partial charge in [0.15, 0.2) is 11.5 Å². The topological polar surface area (TPSA) is 69.6 Å². The van der Waals surface area contributed by atoms with Gasteiger partial charge in [0, 0.05) is 68.5 Å². The van der Waals surface area contributed by atoms with Crippen LogP contribution in [0, 0.1) is 0 Å². The number of ether oxygens (including phenoxy) is 2. The number of amides is 2. The van der Waals surface area contributed by atoms with Crippen LogP contribution in [0.4, 0.5) is 21.9 Å². The highest BCUT2D eigenvalue weighted by molar-refractivity contribution is 5.90. The Kier molecular flexibility index (Phi) is 8.92. The van der Waals surface area contributed by atoms with E-state index in [-0.39, 0.29) is 6.03 Å². The summed E-state index contributed by atoms with van der Waals surface area (Å²) in [5, 5.41) is 3.04. The number of hydrogen-bond donors (Lipinski definition) is 1. The number of fused-ring (bicyclic) bond motifs is 1. The van der Waals surface area contributed by atoms with Crippen molar-refractivity contribution >= 4 is 29.3 Å². The number of carbonyl (C=O) groups is 1. The third-order valence-corrected chi connectivity index (χ3v) is 7.12.